The molecule has 1 aromatic rings. The summed E-state index contributed by atoms with van der Waals surface area (Å²) in [5.74, 6) is -1.35. The predicted octanol–water partition coefficient (Wildman–Crippen LogP) is 0.631. The first-order valence-electron chi connectivity index (χ1n) is 6.31. The van der Waals surface area contributed by atoms with Gasteiger partial charge in [0.15, 0.2) is 0 Å². The Bertz CT molecular complexity index is 771. The molecule has 1 aliphatic heterocycles. The van der Waals surface area contributed by atoms with Gasteiger partial charge in [0.1, 0.15) is 11.5 Å². The highest BCUT2D eigenvalue weighted by molar-refractivity contribution is 7.94. The number of carbonyl (C=O) groups excluding carboxylic acids is 2. The standard InChI is InChI=1S/C13H15FN3O4S/c1-8-11(12(18)17(3)13(19)16(8)2)22(20,21)15-10-6-4-9(14)5-7-10/h4-7,11,15H,1-3H3/q+1. The maximum absolute atomic E-state index is 12.9. The Morgan fingerprint density at radius 1 is 1.23 bits per heavy atom. The monoisotopic (exact) mass is 328 g/mol. The smallest absolute Gasteiger partial charge is 0.282 e. The van der Waals surface area contributed by atoms with E-state index in [1.165, 1.54) is 33.2 Å². The maximum atomic E-state index is 12.9. The minimum absolute atomic E-state index is 0.0997. The molecule has 1 aliphatic rings. The maximum Gasteiger partial charge on any atom is 0.500 e. The molecule has 2 rings (SSSR count). The van der Waals surface area contributed by atoms with Gasteiger partial charge >= 0.3 is 11.9 Å². The average molecular weight is 328 g/mol. The lowest BCUT2D eigenvalue weighted by Gasteiger charge is -2.23. The minimum atomic E-state index is -4.13. The van der Waals surface area contributed by atoms with Crippen molar-refractivity contribution in [3.63, 3.8) is 0 Å². The van der Waals surface area contributed by atoms with Crippen LogP contribution in [0.3, 0.4) is 0 Å². The van der Waals surface area contributed by atoms with E-state index in [-0.39, 0.29) is 11.4 Å². The second kappa shape index (κ2) is 5.48. The van der Waals surface area contributed by atoms with Crippen molar-refractivity contribution in [2.45, 2.75) is 12.2 Å². The van der Waals surface area contributed by atoms with Crippen LogP contribution in [-0.4, -0.2) is 54.9 Å². The van der Waals surface area contributed by atoms with Crippen LogP contribution < -0.4 is 4.72 Å². The topological polar surface area (TPSA) is 86.6 Å². The van der Waals surface area contributed by atoms with Gasteiger partial charge in [0.2, 0.25) is 5.25 Å². The van der Waals surface area contributed by atoms with Crippen LogP contribution in [0.1, 0.15) is 6.92 Å². The molecule has 3 amide bonds. The normalized spacial score (nSPS) is 19.6. The summed E-state index contributed by atoms with van der Waals surface area (Å²) in [4.78, 5) is 24.7. The molecule has 0 bridgehead atoms. The van der Waals surface area contributed by atoms with Gasteiger partial charge in [-0.3, -0.25) is 4.72 Å². The van der Waals surface area contributed by atoms with Gasteiger partial charge in [0, 0.05) is 5.69 Å². The van der Waals surface area contributed by atoms with Crippen LogP contribution in [-0.2, 0) is 14.8 Å². The van der Waals surface area contributed by atoms with E-state index in [1.54, 1.807) is 0 Å². The molecule has 0 radical (unpaired) electrons. The molecule has 118 valence electrons. The van der Waals surface area contributed by atoms with E-state index in [1.807, 2.05) is 0 Å². The molecule has 0 saturated carbocycles. The fourth-order valence-corrected chi connectivity index (χ4v) is 3.71. The van der Waals surface area contributed by atoms with Gasteiger partial charge in [-0.1, -0.05) is 0 Å². The Balaban J connectivity index is 2.42. The Labute approximate surface area is 127 Å². The molecule has 1 aromatic carbocycles. The van der Waals surface area contributed by atoms with Gasteiger partial charge in [-0.15, -0.1) is 0 Å². The quantitative estimate of drug-likeness (QED) is 0.825. The zero-order valence-electron chi connectivity index (χ0n) is 12.2. The first-order chi connectivity index (χ1) is 10.1. The number of urea groups is 1. The lowest BCUT2D eigenvalue weighted by molar-refractivity contribution is -0.405. The van der Waals surface area contributed by atoms with E-state index < -0.39 is 33.0 Å². The fraction of sp³-hybridized carbons (Fsp3) is 0.308. The van der Waals surface area contributed by atoms with E-state index in [2.05, 4.69) is 4.72 Å². The molecular weight excluding hydrogens is 313 g/mol. The number of rotatable bonds is 3. The first-order valence-corrected chi connectivity index (χ1v) is 7.85. The molecule has 9 heteroatoms. The van der Waals surface area contributed by atoms with Crippen molar-refractivity contribution < 1.29 is 27.0 Å². The van der Waals surface area contributed by atoms with Gasteiger partial charge in [-0.05, 0) is 31.2 Å². The van der Waals surface area contributed by atoms with Crippen LogP contribution >= 0.6 is 0 Å². The number of carbonyl (C=O) groups is 2. The summed E-state index contributed by atoms with van der Waals surface area (Å²) in [6.45, 7) is 1.40. The molecule has 0 spiro atoms. The average Bonchev–Trinajstić information content (AvgIpc) is 2.45. The Kier molecular flexibility index (Phi) is 4.01. The van der Waals surface area contributed by atoms with Crippen LogP contribution in [0.5, 0.6) is 0 Å². The van der Waals surface area contributed by atoms with Crippen LogP contribution in [0.2, 0.25) is 0 Å². The number of nitrogens with one attached hydrogen (secondary N) is 1. The zero-order valence-corrected chi connectivity index (χ0v) is 13.0. The van der Waals surface area contributed by atoms with E-state index in [4.69, 9.17) is 0 Å². The molecule has 0 aromatic heterocycles. The molecule has 7 nitrogen and oxygen atoms in total. The highest BCUT2D eigenvalue weighted by atomic mass is 32.2. The minimum Gasteiger partial charge on any atom is -0.282 e. The van der Waals surface area contributed by atoms with Crippen molar-refractivity contribution >= 4 is 33.4 Å². The third-order valence-electron chi connectivity index (χ3n) is 3.45. The summed E-state index contributed by atoms with van der Waals surface area (Å²) >= 11 is 0. The zero-order chi connectivity index (χ0) is 16.7. The number of benzene rings is 1. The third-order valence-corrected chi connectivity index (χ3v) is 5.14. The summed E-state index contributed by atoms with van der Waals surface area (Å²) in [5, 5.41) is -1.52. The largest absolute Gasteiger partial charge is 0.500 e. The van der Waals surface area contributed by atoms with Crippen molar-refractivity contribution in [1.82, 2.24) is 4.90 Å². The highest BCUT2D eigenvalue weighted by Gasteiger charge is 2.50. The number of imide groups is 1. The first kappa shape index (κ1) is 16.1. The van der Waals surface area contributed by atoms with Crippen molar-refractivity contribution in [3.8, 4) is 0 Å². The van der Waals surface area contributed by atoms with E-state index in [0.717, 1.165) is 21.6 Å². The summed E-state index contributed by atoms with van der Waals surface area (Å²) in [7, 11) is -1.53. The number of sulfonamides is 1. The lowest BCUT2D eigenvalue weighted by Crippen LogP contribution is -2.57. The fourth-order valence-electron chi connectivity index (χ4n) is 2.10. The van der Waals surface area contributed by atoms with Gasteiger partial charge in [0.05, 0.1) is 14.1 Å². The molecular formula is C13H15FN3O4S+. The molecule has 1 atom stereocenters. The number of nitrogens with zero attached hydrogens (tertiary/aromatic N) is 2. The molecule has 1 heterocycles. The van der Waals surface area contributed by atoms with E-state index in [0.29, 0.717) is 0 Å². The van der Waals surface area contributed by atoms with Crippen LogP contribution in [0, 0.1) is 5.82 Å². The molecule has 0 fully saturated rings. The van der Waals surface area contributed by atoms with Crippen LogP contribution in [0.25, 0.3) is 0 Å². The Hall–Kier alpha value is -2.29. The van der Waals surface area contributed by atoms with Crippen molar-refractivity contribution in [2.24, 2.45) is 0 Å². The number of amides is 3. The highest BCUT2D eigenvalue weighted by Crippen LogP contribution is 2.18. The number of hydrogen-bond donors (Lipinski definition) is 1. The van der Waals surface area contributed by atoms with Crippen molar-refractivity contribution in [1.29, 1.82) is 0 Å². The molecule has 0 saturated heterocycles. The van der Waals surface area contributed by atoms with Gasteiger partial charge in [-0.25, -0.2) is 17.6 Å². The number of halogens is 1. The number of hydrogen-bond acceptors (Lipinski definition) is 4. The van der Waals surface area contributed by atoms with E-state index in [9.17, 15) is 22.4 Å². The summed E-state index contributed by atoms with van der Waals surface area (Å²) in [6.07, 6.45) is 0. The Morgan fingerprint density at radius 2 is 1.77 bits per heavy atom. The molecule has 1 unspecified atom stereocenters. The van der Waals surface area contributed by atoms with Gasteiger partial charge in [-0.2, -0.15) is 14.3 Å². The van der Waals surface area contributed by atoms with Crippen LogP contribution in [0.15, 0.2) is 24.3 Å². The number of anilines is 1. The second-order valence-corrected chi connectivity index (χ2v) is 6.68. The molecule has 22 heavy (non-hydrogen) atoms. The summed E-state index contributed by atoms with van der Waals surface area (Å²) < 4.78 is 41.1. The van der Waals surface area contributed by atoms with Crippen LogP contribution in [0.4, 0.5) is 14.9 Å². The van der Waals surface area contributed by atoms with Gasteiger partial charge < -0.3 is 0 Å². The van der Waals surface area contributed by atoms with Gasteiger partial charge in [0.25, 0.3) is 10.0 Å². The van der Waals surface area contributed by atoms with Crippen molar-refractivity contribution in [3.05, 3.63) is 30.1 Å². The SMILES string of the molecule is CC1=[N+](C)C(=O)N(C)C(=O)C1S(=O)(=O)Nc1ccc(F)cc1. The summed E-state index contributed by atoms with van der Waals surface area (Å²) in [6, 6.07) is 4.08. The van der Waals surface area contributed by atoms with Crippen molar-refractivity contribution in [2.75, 3.05) is 18.8 Å². The third kappa shape index (κ3) is 2.71. The Morgan fingerprint density at radius 3 is 2.32 bits per heavy atom. The molecule has 0 aliphatic carbocycles. The lowest BCUT2D eigenvalue weighted by atomic mass is 10.2. The van der Waals surface area contributed by atoms with E-state index >= 15 is 0 Å². The second-order valence-electron chi connectivity index (χ2n) is 4.91. The predicted molar refractivity (Wildman–Crippen MR) is 77.8 cm³/mol. The summed E-state index contributed by atoms with van der Waals surface area (Å²) in [5.41, 5.74) is 0.229. The molecule has 1 N–H and O–H groups in total.